The summed E-state index contributed by atoms with van der Waals surface area (Å²) in [5, 5.41) is 0. The molecule has 0 bridgehead atoms. The summed E-state index contributed by atoms with van der Waals surface area (Å²) in [5.41, 5.74) is 3.66. The molecule has 0 spiro atoms. The normalized spacial score (nSPS) is 10.0. The van der Waals surface area contributed by atoms with E-state index >= 15 is 0 Å². The van der Waals surface area contributed by atoms with Crippen molar-refractivity contribution >= 4 is 6.29 Å². The minimum absolute atomic E-state index is 0.462. The molecule has 0 aliphatic carbocycles. The summed E-state index contributed by atoms with van der Waals surface area (Å²) in [6.07, 6.45) is 8.81. The Kier molecular flexibility index (Phi) is 22.2. The molecule has 0 aliphatic rings. The van der Waals surface area contributed by atoms with Crippen LogP contribution in [0, 0.1) is 0 Å². The van der Waals surface area contributed by atoms with Crippen molar-refractivity contribution in [3.8, 4) is 0 Å². The van der Waals surface area contributed by atoms with Crippen LogP contribution in [0.15, 0.2) is 97.1 Å². The zero-order valence-electron chi connectivity index (χ0n) is 19.8. The third-order valence-electron chi connectivity index (χ3n) is 3.70. The number of allylic oxidation sites excluding steroid dienone is 5. The lowest BCUT2D eigenvalue weighted by Crippen LogP contribution is -2.24. The monoisotopic (exact) mass is 407 g/mol. The van der Waals surface area contributed by atoms with Crippen molar-refractivity contribution < 1.29 is 4.79 Å². The number of aldehydes is 1. The predicted molar refractivity (Wildman–Crippen MR) is 135 cm³/mol. The van der Waals surface area contributed by atoms with Gasteiger partial charge in [0.05, 0.1) is 6.54 Å². The van der Waals surface area contributed by atoms with E-state index in [1.807, 2.05) is 102 Å². The molecular formula is C28H41NO. The molecule has 2 aromatic rings. The van der Waals surface area contributed by atoms with Gasteiger partial charge in [-0.3, -0.25) is 4.90 Å². The average Bonchev–Trinajstić information content (AvgIpc) is 2.82. The Hall–Kier alpha value is -2.71. The van der Waals surface area contributed by atoms with Crippen LogP contribution in [-0.4, -0.2) is 17.7 Å². The second-order valence-corrected chi connectivity index (χ2v) is 5.95. The van der Waals surface area contributed by atoms with Crippen molar-refractivity contribution in [3.05, 3.63) is 108 Å². The Balaban J connectivity index is 0. The SMILES string of the molecule is C=C/C(C)=C\C=C/C.CC.CC.O=CCN(Cc1ccccc1)Cc1ccccc1. The van der Waals surface area contributed by atoms with E-state index in [0.29, 0.717) is 6.54 Å². The van der Waals surface area contributed by atoms with Crippen LogP contribution in [0.4, 0.5) is 0 Å². The lowest BCUT2D eigenvalue weighted by Gasteiger charge is -2.19. The lowest BCUT2D eigenvalue weighted by molar-refractivity contribution is -0.109. The van der Waals surface area contributed by atoms with Crippen molar-refractivity contribution in [1.82, 2.24) is 4.90 Å². The molecule has 0 saturated carbocycles. The fourth-order valence-electron chi connectivity index (χ4n) is 2.29. The first-order chi connectivity index (χ1) is 14.7. The Labute approximate surface area is 185 Å². The molecule has 0 atom stereocenters. The van der Waals surface area contributed by atoms with Gasteiger partial charge < -0.3 is 4.79 Å². The Morgan fingerprint density at radius 2 is 1.30 bits per heavy atom. The molecule has 0 aromatic heterocycles. The molecule has 0 amide bonds. The summed E-state index contributed by atoms with van der Waals surface area (Å²) >= 11 is 0. The lowest BCUT2D eigenvalue weighted by atomic mass is 10.1. The van der Waals surface area contributed by atoms with Gasteiger partial charge in [0.2, 0.25) is 0 Å². The highest BCUT2D eigenvalue weighted by atomic mass is 16.1. The molecule has 0 heterocycles. The highest BCUT2D eigenvalue weighted by Gasteiger charge is 2.05. The third-order valence-corrected chi connectivity index (χ3v) is 3.70. The smallest absolute Gasteiger partial charge is 0.134 e. The van der Waals surface area contributed by atoms with E-state index in [9.17, 15) is 4.79 Å². The van der Waals surface area contributed by atoms with Gasteiger partial charge in [0.25, 0.3) is 0 Å². The summed E-state index contributed by atoms with van der Waals surface area (Å²) < 4.78 is 0. The molecule has 2 nitrogen and oxygen atoms in total. The Morgan fingerprint density at radius 3 is 1.63 bits per heavy atom. The topological polar surface area (TPSA) is 20.3 Å². The second kappa shape index (κ2) is 22.6. The molecule has 164 valence electrons. The maximum atomic E-state index is 10.8. The third kappa shape index (κ3) is 16.3. The van der Waals surface area contributed by atoms with Crippen LogP contribution in [0.2, 0.25) is 0 Å². The maximum absolute atomic E-state index is 10.8. The molecule has 2 rings (SSSR count). The molecule has 30 heavy (non-hydrogen) atoms. The van der Waals surface area contributed by atoms with Crippen LogP contribution >= 0.6 is 0 Å². The Morgan fingerprint density at radius 1 is 0.867 bits per heavy atom. The van der Waals surface area contributed by atoms with Crippen molar-refractivity contribution in [2.45, 2.75) is 54.6 Å². The van der Waals surface area contributed by atoms with E-state index < -0.39 is 0 Å². The van der Waals surface area contributed by atoms with Gasteiger partial charge in [-0.05, 0) is 25.0 Å². The van der Waals surface area contributed by atoms with Crippen molar-refractivity contribution in [2.75, 3.05) is 6.54 Å². The van der Waals surface area contributed by atoms with E-state index in [1.54, 1.807) is 0 Å². The van der Waals surface area contributed by atoms with Gasteiger partial charge >= 0.3 is 0 Å². The van der Waals surface area contributed by atoms with Crippen LogP contribution in [0.3, 0.4) is 0 Å². The molecule has 0 radical (unpaired) electrons. The van der Waals surface area contributed by atoms with Crippen LogP contribution in [0.25, 0.3) is 0 Å². The highest BCUT2D eigenvalue weighted by Crippen LogP contribution is 2.09. The molecule has 0 saturated heterocycles. The van der Waals surface area contributed by atoms with Crippen LogP contribution in [0.1, 0.15) is 52.7 Å². The van der Waals surface area contributed by atoms with Gasteiger partial charge in [-0.15, -0.1) is 0 Å². The van der Waals surface area contributed by atoms with Crippen LogP contribution < -0.4 is 0 Å². The molecule has 2 heteroatoms. The number of nitrogens with zero attached hydrogens (tertiary/aromatic N) is 1. The van der Waals surface area contributed by atoms with Gasteiger partial charge in [-0.2, -0.15) is 0 Å². The van der Waals surface area contributed by atoms with E-state index in [1.165, 1.54) is 16.7 Å². The maximum Gasteiger partial charge on any atom is 0.134 e. The largest absolute Gasteiger partial charge is 0.302 e. The Bertz CT molecular complexity index is 646. The standard InChI is InChI=1S/C16H17NO.C8H12.2C2H6/c18-12-11-17(13-15-7-3-1-4-8-15)14-16-9-5-2-6-10-16;1-4-6-7-8(3)5-2;2*1-2/h1-10,12H,11,13-14H2;4-7H,2H2,1,3H3;2*1-2H3/b;6-4-,8-7-;;. The first-order valence-corrected chi connectivity index (χ1v) is 10.9. The second-order valence-electron chi connectivity index (χ2n) is 5.95. The van der Waals surface area contributed by atoms with Gasteiger partial charge in [-0.25, -0.2) is 0 Å². The molecule has 2 aromatic carbocycles. The quantitative estimate of drug-likeness (QED) is 0.331. The summed E-state index contributed by atoms with van der Waals surface area (Å²) in [6.45, 7) is 17.7. The highest BCUT2D eigenvalue weighted by molar-refractivity contribution is 5.52. The predicted octanol–water partition coefficient (Wildman–Crippen LogP) is 7.63. The van der Waals surface area contributed by atoms with E-state index in [4.69, 9.17) is 0 Å². The molecular weight excluding hydrogens is 366 g/mol. The number of carbonyl (C=O) groups excluding carboxylic acids is 1. The average molecular weight is 408 g/mol. The van der Waals surface area contributed by atoms with E-state index in [0.717, 1.165) is 19.4 Å². The minimum Gasteiger partial charge on any atom is -0.302 e. The first-order valence-electron chi connectivity index (χ1n) is 10.9. The van der Waals surface area contributed by atoms with Crippen molar-refractivity contribution in [3.63, 3.8) is 0 Å². The van der Waals surface area contributed by atoms with Gasteiger partial charge in [-0.1, -0.05) is 125 Å². The zero-order chi connectivity index (χ0) is 23.0. The number of carbonyl (C=O) groups is 1. The summed E-state index contributed by atoms with van der Waals surface area (Å²) in [4.78, 5) is 12.9. The van der Waals surface area contributed by atoms with Crippen molar-refractivity contribution in [1.29, 1.82) is 0 Å². The minimum atomic E-state index is 0.462. The zero-order valence-corrected chi connectivity index (χ0v) is 19.8. The summed E-state index contributed by atoms with van der Waals surface area (Å²) in [6, 6.07) is 20.5. The van der Waals surface area contributed by atoms with Gasteiger partial charge in [0.15, 0.2) is 0 Å². The molecule has 0 N–H and O–H groups in total. The summed E-state index contributed by atoms with van der Waals surface area (Å²) in [7, 11) is 0. The van der Waals surface area contributed by atoms with Gasteiger partial charge in [0, 0.05) is 13.1 Å². The molecule has 0 aliphatic heterocycles. The number of hydrogen-bond donors (Lipinski definition) is 0. The molecule has 0 unspecified atom stereocenters. The van der Waals surface area contributed by atoms with E-state index in [-0.39, 0.29) is 0 Å². The fraction of sp³-hybridized carbons (Fsp3) is 0.321. The number of benzene rings is 2. The van der Waals surface area contributed by atoms with Crippen LogP contribution in [-0.2, 0) is 17.9 Å². The van der Waals surface area contributed by atoms with Crippen molar-refractivity contribution in [2.24, 2.45) is 0 Å². The van der Waals surface area contributed by atoms with E-state index in [2.05, 4.69) is 35.7 Å². The fourth-order valence-corrected chi connectivity index (χ4v) is 2.29. The molecule has 0 fully saturated rings. The summed E-state index contributed by atoms with van der Waals surface area (Å²) in [5.74, 6) is 0. The van der Waals surface area contributed by atoms with Crippen LogP contribution in [0.5, 0.6) is 0 Å². The first kappa shape index (κ1) is 29.5. The number of rotatable bonds is 8. The van der Waals surface area contributed by atoms with Gasteiger partial charge in [0.1, 0.15) is 6.29 Å². The number of hydrogen-bond acceptors (Lipinski definition) is 2.